The van der Waals surface area contributed by atoms with Gasteiger partial charge in [-0.15, -0.1) is 0 Å². The van der Waals surface area contributed by atoms with Gasteiger partial charge in [0.25, 0.3) is 0 Å². The number of thiophene rings is 1. The summed E-state index contributed by atoms with van der Waals surface area (Å²) >= 11 is 1.42. The predicted octanol–water partition coefficient (Wildman–Crippen LogP) is 5.94. The number of benzene rings is 2. The number of carbonyl (C=O) groups is 1. The Balaban J connectivity index is 1.62. The van der Waals surface area contributed by atoms with Gasteiger partial charge in [0.15, 0.2) is 0 Å². The molecule has 0 atom stereocenters. The molecule has 1 aromatic heterocycles. The molecule has 0 radical (unpaired) electrons. The fourth-order valence-corrected chi connectivity index (χ4v) is 3.78. The summed E-state index contributed by atoms with van der Waals surface area (Å²) in [6.45, 7) is 2.31. The van der Waals surface area contributed by atoms with Crippen LogP contribution >= 0.6 is 11.3 Å². The lowest BCUT2D eigenvalue weighted by Crippen LogP contribution is -2.17. The lowest BCUT2D eigenvalue weighted by molar-refractivity contribution is -0.139. The molecule has 0 bridgehead atoms. The van der Waals surface area contributed by atoms with Crippen molar-refractivity contribution in [1.82, 2.24) is 5.32 Å². The molecule has 33 heavy (non-hydrogen) atoms. The van der Waals surface area contributed by atoms with Crippen LogP contribution in [0.2, 0.25) is 0 Å². The van der Waals surface area contributed by atoms with E-state index >= 15 is 0 Å². The Bertz CT molecular complexity index is 1100. The van der Waals surface area contributed by atoms with Crippen molar-refractivity contribution >= 4 is 23.0 Å². The molecule has 3 aromatic rings. The summed E-state index contributed by atoms with van der Waals surface area (Å²) in [5.41, 5.74) is 2.80. The highest BCUT2D eigenvalue weighted by atomic mass is 32.1. The van der Waals surface area contributed by atoms with Gasteiger partial charge >= 0.3 is 12.1 Å². The minimum absolute atomic E-state index is 0.0146. The van der Waals surface area contributed by atoms with Gasteiger partial charge in [0.1, 0.15) is 6.61 Å². The molecule has 0 spiro atoms. The van der Waals surface area contributed by atoms with E-state index in [9.17, 15) is 18.0 Å². The molecule has 0 amide bonds. The number of halogens is 3. The molecule has 0 unspecified atom stereocenters. The molecule has 0 saturated carbocycles. The van der Waals surface area contributed by atoms with Gasteiger partial charge in [-0.2, -0.15) is 24.5 Å². The first kappa shape index (κ1) is 24.5. The van der Waals surface area contributed by atoms with Gasteiger partial charge in [0, 0.05) is 18.7 Å². The van der Waals surface area contributed by atoms with Crippen LogP contribution in [0, 0.1) is 0 Å². The quantitative estimate of drug-likeness (QED) is 0.216. The maximum absolute atomic E-state index is 13.6. The number of rotatable bonds is 10. The second kappa shape index (κ2) is 11.1. The molecule has 0 aliphatic rings. The molecular weight excluding hydrogens is 453 g/mol. The first-order chi connectivity index (χ1) is 15.7. The minimum atomic E-state index is -4.50. The Morgan fingerprint density at radius 1 is 1.12 bits per heavy atom. The topological polar surface area (TPSA) is 70.9 Å². The van der Waals surface area contributed by atoms with Crippen molar-refractivity contribution in [3.8, 4) is 11.1 Å². The van der Waals surface area contributed by atoms with Crippen LogP contribution in [-0.2, 0) is 29.0 Å². The molecular formula is C24H23F3N2O3S. The van der Waals surface area contributed by atoms with E-state index in [1.165, 1.54) is 17.4 Å². The van der Waals surface area contributed by atoms with E-state index < -0.39 is 17.7 Å². The molecule has 9 heteroatoms. The zero-order valence-electron chi connectivity index (χ0n) is 17.9. The predicted molar refractivity (Wildman–Crippen MR) is 122 cm³/mol. The van der Waals surface area contributed by atoms with Crippen molar-refractivity contribution in [2.24, 2.45) is 5.16 Å². The standard InChI is InChI=1S/C24H23F3N2O3S/c1-16(18-4-2-17(3-5-18)13-28-10-8-23(30)31)29-32-14-20-7-6-19(21-9-11-33-15-21)12-22(20)24(25,26)27/h2-7,9,11-12,15,28H,8,10,13-14H2,1H3,(H,30,31)/b29-16+. The van der Waals surface area contributed by atoms with Crippen LogP contribution in [0.3, 0.4) is 0 Å². The van der Waals surface area contributed by atoms with Crippen LogP contribution in [-0.4, -0.2) is 23.3 Å². The van der Waals surface area contributed by atoms with Crippen LogP contribution in [0.5, 0.6) is 0 Å². The van der Waals surface area contributed by atoms with Crippen molar-refractivity contribution < 1.29 is 27.9 Å². The average Bonchev–Trinajstić information content (AvgIpc) is 3.31. The first-order valence-corrected chi connectivity index (χ1v) is 11.1. The van der Waals surface area contributed by atoms with Crippen LogP contribution in [0.15, 0.2) is 64.4 Å². The Labute approximate surface area is 193 Å². The number of hydrogen-bond donors (Lipinski definition) is 2. The van der Waals surface area contributed by atoms with E-state index in [1.807, 2.05) is 29.6 Å². The second-order valence-electron chi connectivity index (χ2n) is 7.35. The van der Waals surface area contributed by atoms with Crippen LogP contribution in [0.25, 0.3) is 11.1 Å². The molecule has 174 valence electrons. The number of hydrogen-bond acceptors (Lipinski definition) is 5. The van der Waals surface area contributed by atoms with Crippen LogP contribution in [0.1, 0.15) is 35.6 Å². The molecule has 0 aliphatic carbocycles. The van der Waals surface area contributed by atoms with Gasteiger partial charge in [-0.3, -0.25) is 4.79 Å². The summed E-state index contributed by atoms with van der Waals surface area (Å²) in [5, 5.41) is 19.3. The Hall–Kier alpha value is -3.17. The van der Waals surface area contributed by atoms with Crippen molar-refractivity contribution in [2.75, 3.05) is 6.54 Å². The van der Waals surface area contributed by atoms with E-state index in [-0.39, 0.29) is 18.6 Å². The Morgan fingerprint density at radius 2 is 1.88 bits per heavy atom. The number of nitrogens with zero attached hydrogens (tertiary/aromatic N) is 1. The highest BCUT2D eigenvalue weighted by Gasteiger charge is 2.33. The fraction of sp³-hybridized carbons (Fsp3) is 0.250. The van der Waals surface area contributed by atoms with Crippen molar-refractivity contribution in [1.29, 1.82) is 0 Å². The summed E-state index contributed by atoms with van der Waals surface area (Å²) in [5.74, 6) is -0.856. The molecule has 2 aromatic carbocycles. The lowest BCUT2D eigenvalue weighted by Gasteiger charge is -2.14. The molecule has 0 fully saturated rings. The van der Waals surface area contributed by atoms with Crippen LogP contribution < -0.4 is 5.32 Å². The summed E-state index contributed by atoms with van der Waals surface area (Å²) in [6.07, 6.45) is -4.45. The zero-order valence-corrected chi connectivity index (χ0v) is 18.7. The number of alkyl halides is 3. The molecule has 3 rings (SSSR count). The van der Waals surface area contributed by atoms with Gasteiger partial charge in [-0.25, -0.2) is 0 Å². The minimum Gasteiger partial charge on any atom is -0.481 e. The molecule has 0 aliphatic heterocycles. The summed E-state index contributed by atoms with van der Waals surface area (Å²) in [7, 11) is 0. The number of aliphatic carboxylic acids is 1. The molecule has 2 N–H and O–H groups in total. The monoisotopic (exact) mass is 476 g/mol. The normalized spacial score (nSPS) is 12.1. The van der Waals surface area contributed by atoms with E-state index in [0.29, 0.717) is 24.4 Å². The number of carboxylic acids is 1. The number of oxime groups is 1. The van der Waals surface area contributed by atoms with Crippen LogP contribution in [0.4, 0.5) is 13.2 Å². The van der Waals surface area contributed by atoms with Crippen molar-refractivity contribution in [3.05, 3.63) is 81.5 Å². The molecule has 1 heterocycles. The van der Waals surface area contributed by atoms with Gasteiger partial charge in [0.05, 0.1) is 17.7 Å². The lowest BCUT2D eigenvalue weighted by atomic mass is 10.0. The smallest absolute Gasteiger partial charge is 0.416 e. The molecule has 0 saturated heterocycles. The summed E-state index contributed by atoms with van der Waals surface area (Å²) < 4.78 is 40.8. The van der Waals surface area contributed by atoms with Gasteiger partial charge in [-0.1, -0.05) is 41.6 Å². The van der Waals surface area contributed by atoms with Gasteiger partial charge in [-0.05, 0) is 52.1 Å². The maximum atomic E-state index is 13.6. The maximum Gasteiger partial charge on any atom is 0.416 e. The fourth-order valence-electron chi connectivity index (χ4n) is 3.12. The third-order valence-electron chi connectivity index (χ3n) is 4.91. The zero-order chi connectivity index (χ0) is 23.8. The largest absolute Gasteiger partial charge is 0.481 e. The average molecular weight is 477 g/mol. The second-order valence-corrected chi connectivity index (χ2v) is 8.13. The highest BCUT2D eigenvalue weighted by Crippen LogP contribution is 2.35. The summed E-state index contributed by atoms with van der Waals surface area (Å²) in [4.78, 5) is 15.8. The Kier molecular flexibility index (Phi) is 8.24. The third-order valence-corrected chi connectivity index (χ3v) is 5.59. The first-order valence-electron chi connectivity index (χ1n) is 10.1. The highest BCUT2D eigenvalue weighted by molar-refractivity contribution is 7.08. The third kappa shape index (κ3) is 7.16. The SMILES string of the molecule is C/C(=N\OCc1ccc(-c2ccsc2)cc1C(F)(F)F)c1ccc(CNCCC(=O)O)cc1. The number of carboxylic acid groups (broad SMARTS) is 1. The van der Waals surface area contributed by atoms with Crippen molar-refractivity contribution in [2.45, 2.75) is 32.7 Å². The van der Waals surface area contributed by atoms with Gasteiger partial charge in [0.2, 0.25) is 0 Å². The van der Waals surface area contributed by atoms with E-state index in [4.69, 9.17) is 9.94 Å². The van der Waals surface area contributed by atoms with E-state index in [1.54, 1.807) is 24.4 Å². The van der Waals surface area contributed by atoms with Gasteiger partial charge < -0.3 is 15.3 Å². The summed E-state index contributed by atoms with van der Waals surface area (Å²) in [6, 6.07) is 13.4. The Morgan fingerprint density at radius 3 is 2.52 bits per heavy atom. The molecule has 5 nitrogen and oxygen atoms in total. The van der Waals surface area contributed by atoms with E-state index in [0.717, 1.165) is 22.8 Å². The number of nitrogens with one attached hydrogen (secondary N) is 1. The van der Waals surface area contributed by atoms with Crippen molar-refractivity contribution in [3.63, 3.8) is 0 Å². The van der Waals surface area contributed by atoms with E-state index in [2.05, 4.69) is 10.5 Å².